The molecular weight excluding hydrogens is 244 g/mol. The molecule has 1 aromatic rings. The summed E-state index contributed by atoms with van der Waals surface area (Å²) in [6.45, 7) is 5.66. The molecule has 0 saturated carbocycles. The van der Waals surface area contributed by atoms with Crippen molar-refractivity contribution in [2.45, 2.75) is 33.3 Å². The molecule has 0 aliphatic heterocycles. The van der Waals surface area contributed by atoms with Crippen LogP contribution in [0.25, 0.3) is 0 Å². The molecule has 0 bridgehead atoms. The van der Waals surface area contributed by atoms with Gasteiger partial charge in [-0.2, -0.15) is 0 Å². The van der Waals surface area contributed by atoms with E-state index < -0.39 is 18.0 Å². The summed E-state index contributed by atoms with van der Waals surface area (Å²) >= 11 is 0. The van der Waals surface area contributed by atoms with Crippen molar-refractivity contribution in [1.29, 1.82) is 0 Å². The lowest BCUT2D eigenvalue weighted by Gasteiger charge is -2.21. The van der Waals surface area contributed by atoms with E-state index in [2.05, 4.69) is 0 Å². The highest BCUT2D eigenvalue weighted by atomic mass is 16.6. The largest absolute Gasteiger partial charge is 0.466 e. The number of carbonyl (C=O) groups is 2. The first-order chi connectivity index (χ1) is 9.10. The fourth-order valence-corrected chi connectivity index (χ4v) is 1.74. The Morgan fingerprint density at radius 2 is 1.79 bits per heavy atom. The summed E-state index contributed by atoms with van der Waals surface area (Å²) in [5.41, 5.74) is 0.483. The summed E-state index contributed by atoms with van der Waals surface area (Å²) in [6.07, 6.45) is 0.102. The zero-order chi connectivity index (χ0) is 14.3. The van der Waals surface area contributed by atoms with E-state index in [-0.39, 0.29) is 5.97 Å². The van der Waals surface area contributed by atoms with Gasteiger partial charge in [0.2, 0.25) is 0 Å². The fourth-order valence-electron chi connectivity index (χ4n) is 1.74. The minimum Gasteiger partial charge on any atom is -0.466 e. The molecule has 2 atom stereocenters. The smallest absolute Gasteiger partial charge is 0.338 e. The highest BCUT2D eigenvalue weighted by Crippen LogP contribution is 2.15. The number of esters is 2. The molecule has 4 heteroatoms. The lowest BCUT2D eigenvalue weighted by molar-refractivity contribution is -0.151. The molecule has 0 amide bonds. The van der Waals surface area contributed by atoms with Gasteiger partial charge in [-0.15, -0.1) is 0 Å². The normalized spacial score (nSPS) is 13.4. The summed E-state index contributed by atoms with van der Waals surface area (Å²) in [4.78, 5) is 23.6. The van der Waals surface area contributed by atoms with Gasteiger partial charge in [0.05, 0.1) is 18.1 Å². The van der Waals surface area contributed by atoms with Crippen LogP contribution < -0.4 is 0 Å². The van der Waals surface area contributed by atoms with Gasteiger partial charge in [-0.25, -0.2) is 4.79 Å². The Bertz CT molecular complexity index is 413. The third kappa shape index (κ3) is 4.39. The Hall–Kier alpha value is -1.84. The molecule has 2 unspecified atom stereocenters. The first-order valence-corrected chi connectivity index (χ1v) is 6.52. The summed E-state index contributed by atoms with van der Waals surface area (Å²) < 4.78 is 10.3. The molecule has 0 saturated heterocycles. The second-order valence-electron chi connectivity index (χ2n) is 4.26. The van der Waals surface area contributed by atoms with Gasteiger partial charge >= 0.3 is 11.9 Å². The van der Waals surface area contributed by atoms with E-state index >= 15 is 0 Å². The number of rotatable bonds is 6. The van der Waals surface area contributed by atoms with Crippen LogP contribution in [0.2, 0.25) is 0 Å². The van der Waals surface area contributed by atoms with Crippen molar-refractivity contribution in [3.8, 4) is 0 Å². The Labute approximate surface area is 113 Å². The van der Waals surface area contributed by atoms with Crippen LogP contribution in [-0.2, 0) is 14.3 Å². The van der Waals surface area contributed by atoms with Crippen molar-refractivity contribution in [3.05, 3.63) is 35.9 Å². The van der Waals surface area contributed by atoms with Crippen molar-refractivity contribution in [2.24, 2.45) is 5.92 Å². The van der Waals surface area contributed by atoms with Crippen LogP contribution >= 0.6 is 0 Å². The Morgan fingerprint density at radius 1 is 1.16 bits per heavy atom. The zero-order valence-electron chi connectivity index (χ0n) is 11.6. The van der Waals surface area contributed by atoms with E-state index in [1.165, 1.54) is 0 Å². The molecule has 4 nitrogen and oxygen atoms in total. The van der Waals surface area contributed by atoms with Gasteiger partial charge in [0.25, 0.3) is 0 Å². The lowest BCUT2D eigenvalue weighted by atomic mass is 10.0. The maximum Gasteiger partial charge on any atom is 0.338 e. The van der Waals surface area contributed by atoms with Gasteiger partial charge in [-0.05, 0) is 32.4 Å². The maximum absolute atomic E-state index is 11.9. The van der Waals surface area contributed by atoms with Crippen LogP contribution in [-0.4, -0.2) is 24.6 Å². The van der Waals surface area contributed by atoms with Gasteiger partial charge in [-0.3, -0.25) is 4.79 Å². The molecule has 0 N–H and O–H groups in total. The minimum atomic E-state index is -0.466. The second-order valence-corrected chi connectivity index (χ2v) is 4.26. The predicted molar refractivity (Wildman–Crippen MR) is 71.7 cm³/mol. The molecule has 104 valence electrons. The van der Waals surface area contributed by atoms with Crippen LogP contribution in [0.3, 0.4) is 0 Å². The highest BCUT2D eigenvalue weighted by molar-refractivity contribution is 5.89. The summed E-state index contributed by atoms with van der Waals surface area (Å²) in [5.74, 6) is -1.21. The fraction of sp³-hybridized carbons (Fsp3) is 0.467. The first kappa shape index (κ1) is 15.2. The van der Waals surface area contributed by atoms with Crippen LogP contribution in [0.15, 0.2) is 30.3 Å². The third-order valence-corrected chi connectivity index (χ3v) is 2.89. The van der Waals surface area contributed by atoms with Crippen LogP contribution in [0.5, 0.6) is 0 Å². The number of carbonyl (C=O) groups excluding carboxylic acids is 2. The van der Waals surface area contributed by atoms with Crippen molar-refractivity contribution in [3.63, 3.8) is 0 Å². The topological polar surface area (TPSA) is 52.6 Å². The monoisotopic (exact) mass is 264 g/mol. The van der Waals surface area contributed by atoms with E-state index in [1.54, 1.807) is 38.1 Å². The maximum atomic E-state index is 11.9. The zero-order valence-corrected chi connectivity index (χ0v) is 11.6. The SMILES string of the molecule is CCOC(=O)C(C)C(CC)OC(=O)c1ccccc1. The molecule has 0 aliphatic carbocycles. The third-order valence-electron chi connectivity index (χ3n) is 2.89. The molecule has 0 radical (unpaired) electrons. The second kappa shape index (κ2) is 7.56. The van der Waals surface area contributed by atoms with Crippen LogP contribution in [0, 0.1) is 5.92 Å². The quantitative estimate of drug-likeness (QED) is 0.741. The van der Waals surface area contributed by atoms with E-state index in [1.807, 2.05) is 13.0 Å². The molecule has 0 aliphatic rings. The van der Waals surface area contributed by atoms with Gasteiger partial charge in [0, 0.05) is 0 Å². The first-order valence-electron chi connectivity index (χ1n) is 6.52. The molecule has 0 fully saturated rings. The summed E-state index contributed by atoms with van der Waals surface area (Å²) in [5, 5.41) is 0. The van der Waals surface area contributed by atoms with Crippen LogP contribution in [0.1, 0.15) is 37.6 Å². The average molecular weight is 264 g/mol. The van der Waals surface area contributed by atoms with E-state index in [0.717, 1.165) is 0 Å². The van der Waals surface area contributed by atoms with E-state index in [0.29, 0.717) is 18.6 Å². The molecule has 1 aromatic carbocycles. The molecular formula is C15H20O4. The van der Waals surface area contributed by atoms with Gasteiger partial charge in [0.15, 0.2) is 0 Å². The van der Waals surface area contributed by atoms with E-state index in [4.69, 9.17) is 9.47 Å². The highest BCUT2D eigenvalue weighted by Gasteiger charge is 2.27. The number of benzene rings is 1. The molecule has 1 rings (SSSR count). The van der Waals surface area contributed by atoms with Gasteiger partial charge in [0.1, 0.15) is 6.10 Å². The van der Waals surface area contributed by atoms with Crippen molar-refractivity contribution >= 4 is 11.9 Å². The Balaban J connectivity index is 2.66. The minimum absolute atomic E-state index is 0.326. The summed E-state index contributed by atoms with van der Waals surface area (Å²) in [7, 11) is 0. The van der Waals surface area contributed by atoms with Crippen LogP contribution in [0.4, 0.5) is 0 Å². The Morgan fingerprint density at radius 3 is 2.32 bits per heavy atom. The predicted octanol–water partition coefficient (Wildman–Crippen LogP) is 2.82. The number of hydrogen-bond acceptors (Lipinski definition) is 4. The standard InChI is InChI=1S/C15H20O4/c1-4-13(11(3)14(16)18-5-2)19-15(17)12-9-7-6-8-10-12/h6-11,13H,4-5H2,1-3H3. The lowest BCUT2D eigenvalue weighted by Crippen LogP contribution is -2.31. The Kier molecular flexibility index (Phi) is 6.06. The van der Waals surface area contributed by atoms with Crippen molar-refractivity contribution in [2.75, 3.05) is 6.61 Å². The van der Waals surface area contributed by atoms with E-state index in [9.17, 15) is 9.59 Å². The van der Waals surface area contributed by atoms with Gasteiger partial charge < -0.3 is 9.47 Å². The van der Waals surface area contributed by atoms with Crippen molar-refractivity contribution < 1.29 is 19.1 Å². The molecule has 19 heavy (non-hydrogen) atoms. The van der Waals surface area contributed by atoms with Gasteiger partial charge in [-0.1, -0.05) is 25.1 Å². The molecule has 0 spiro atoms. The summed E-state index contributed by atoms with van der Waals surface area (Å²) in [6, 6.07) is 8.74. The molecule has 0 aromatic heterocycles. The van der Waals surface area contributed by atoms with Crippen molar-refractivity contribution in [1.82, 2.24) is 0 Å². The number of hydrogen-bond donors (Lipinski definition) is 0. The molecule has 0 heterocycles. The average Bonchev–Trinajstić information content (AvgIpc) is 2.45. The number of ether oxygens (including phenoxy) is 2.